The molecule has 34 heavy (non-hydrogen) atoms. The molecule has 1 aliphatic rings. The van der Waals surface area contributed by atoms with Gasteiger partial charge in [-0.05, 0) is 30.7 Å². The maximum Gasteiger partial charge on any atom is 0.259 e. The number of aromatic nitrogens is 1. The first kappa shape index (κ1) is 25.1. The number of ether oxygens (including phenoxy) is 2. The van der Waals surface area contributed by atoms with Crippen LogP contribution >= 0.6 is 0 Å². The molecule has 9 heteroatoms. The highest BCUT2D eigenvalue weighted by Gasteiger charge is 2.34. The first-order chi connectivity index (χ1) is 16.3. The molecular weight excluding hydrogens is 436 g/mol. The number of hydrogen-bond acceptors (Lipinski definition) is 7. The highest BCUT2D eigenvalue weighted by atomic mass is 16.5. The van der Waals surface area contributed by atoms with E-state index in [-0.39, 0.29) is 48.9 Å². The van der Waals surface area contributed by atoms with Crippen molar-refractivity contribution in [1.29, 1.82) is 5.26 Å². The zero-order valence-corrected chi connectivity index (χ0v) is 19.9. The number of benzene rings is 1. The van der Waals surface area contributed by atoms with Gasteiger partial charge in [0.05, 0.1) is 30.8 Å². The average Bonchev–Trinajstić information content (AvgIpc) is 2.85. The minimum Gasteiger partial charge on any atom is -0.472 e. The molecule has 0 bridgehead atoms. The van der Waals surface area contributed by atoms with Crippen molar-refractivity contribution in [2.24, 2.45) is 5.92 Å². The second kappa shape index (κ2) is 11.1. The number of carbonyl (C=O) groups is 2. The van der Waals surface area contributed by atoms with Crippen LogP contribution < -0.4 is 4.74 Å². The van der Waals surface area contributed by atoms with Gasteiger partial charge in [-0.3, -0.25) is 9.59 Å². The SMILES string of the molecule is COCC(=O)N(C)C[C@H]1Oc2ncc(-c3ccc(C#N)cc3)cc2C(=O)N([C@H](C)CO)C[C@H]1C. The van der Waals surface area contributed by atoms with Crippen LogP contribution in [0.1, 0.15) is 29.8 Å². The second-order valence-corrected chi connectivity index (χ2v) is 8.60. The topological polar surface area (TPSA) is 116 Å². The third-order valence-corrected chi connectivity index (χ3v) is 6.02. The van der Waals surface area contributed by atoms with Gasteiger partial charge in [0.2, 0.25) is 11.8 Å². The summed E-state index contributed by atoms with van der Waals surface area (Å²) in [5.74, 6) is -0.416. The van der Waals surface area contributed by atoms with Crippen molar-refractivity contribution in [1.82, 2.24) is 14.8 Å². The lowest BCUT2D eigenvalue weighted by Gasteiger charge is -2.37. The van der Waals surface area contributed by atoms with Crippen molar-refractivity contribution >= 4 is 11.8 Å². The molecule has 2 aromatic rings. The van der Waals surface area contributed by atoms with E-state index in [9.17, 15) is 14.7 Å². The summed E-state index contributed by atoms with van der Waals surface area (Å²) in [7, 11) is 3.14. The van der Waals surface area contributed by atoms with E-state index in [0.717, 1.165) is 5.56 Å². The number of likely N-dealkylation sites (N-methyl/N-ethyl adjacent to an activating group) is 1. The third kappa shape index (κ3) is 5.53. The molecule has 1 N–H and O–H groups in total. The number of amides is 2. The fraction of sp³-hybridized carbons (Fsp3) is 0.440. The van der Waals surface area contributed by atoms with Crippen LogP contribution in [0.3, 0.4) is 0 Å². The Bertz CT molecular complexity index is 1070. The van der Waals surface area contributed by atoms with Crippen molar-refractivity contribution in [2.75, 3.05) is 40.5 Å². The zero-order valence-electron chi connectivity index (χ0n) is 19.9. The van der Waals surface area contributed by atoms with Crippen LogP contribution in [0, 0.1) is 17.2 Å². The van der Waals surface area contributed by atoms with Gasteiger partial charge in [0, 0.05) is 38.4 Å². The molecule has 1 aromatic heterocycles. The number of pyridine rings is 1. The molecule has 0 spiro atoms. The van der Waals surface area contributed by atoms with Gasteiger partial charge in [-0.25, -0.2) is 4.98 Å². The van der Waals surface area contributed by atoms with Crippen molar-refractivity contribution < 1.29 is 24.2 Å². The molecule has 180 valence electrons. The van der Waals surface area contributed by atoms with E-state index in [0.29, 0.717) is 17.7 Å². The molecule has 2 amide bonds. The number of methoxy groups -OCH3 is 1. The Morgan fingerprint density at radius 1 is 1.38 bits per heavy atom. The fourth-order valence-corrected chi connectivity index (χ4v) is 3.82. The number of hydrogen-bond donors (Lipinski definition) is 1. The molecular formula is C25H30N4O5. The van der Waals surface area contributed by atoms with Crippen LogP contribution in [0.2, 0.25) is 0 Å². The molecule has 0 radical (unpaired) electrons. The summed E-state index contributed by atoms with van der Waals surface area (Å²) < 4.78 is 11.2. The molecule has 1 aromatic carbocycles. The van der Waals surface area contributed by atoms with Crippen LogP contribution in [-0.4, -0.2) is 84.3 Å². The standard InChI is InChI=1S/C25H30N4O5/c1-16-12-29(17(2)14-30)25(32)21-9-20(19-7-5-18(10-26)6-8-19)11-27-24(21)34-22(16)13-28(3)23(31)15-33-4/h5-9,11,16-17,22,30H,12-15H2,1-4H3/t16-,17-,22-/m1/s1. The molecule has 0 unspecified atom stereocenters. The molecule has 9 nitrogen and oxygen atoms in total. The van der Waals surface area contributed by atoms with Gasteiger partial charge in [0.25, 0.3) is 5.91 Å². The van der Waals surface area contributed by atoms with Gasteiger partial charge in [0.1, 0.15) is 18.3 Å². The van der Waals surface area contributed by atoms with E-state index in [1.165, 1.54) is 7.11 Å². The fourth-order valence-electron chi connectivity index (χ4n) is 3.82. The second-order valence-electron chi connectivity index (χ2n) is 8.60. The highest BCUT2D eigenvalue weighted by Crippen LogP contribution is 2.30. The number of aliphatic hydroxyl groups excluding tert-OH is 1. The Balaban J connectivity index is 2.00. The van der Waals surface area contributed by atoms with Crippen LogP contribution in [0.4, 0.5) is 0 Å². The Morgan fingerprint density at radius 2 is 2.09 bits per heavy atom. The lowest BCUT2D eigenvalue weighted by atomic mass is 9.99. The molecule has 2 heterocycles. The van der Waals surface area contributed by atoms with Gasteiger partial charge >= 0.3 is 0 Å². The molecule has 0 fully saturated rings. The first-order valence-corrected chi connectivity index (χ1v) is 11.1. The van der Waals surface area contributed by atoms with E-state index in [2.05, 4.69) is 11.1 Å². The van der Waals surface area contributed by atoms with Crippen LogP contribution in [0.5, 0.6) is 5.88 Å². The summed E-state index contributed by atoms with van der Waals surface area (Å²) in [6.07, 6.45) is 1.19. The Hall–Kier alpha value is -3.48. The van der Waals surface area contributed by atoms with Crippen molar-refractivity contribution in [3.05, 3.63) is 47.7 Å². The minimum absolute atomic E-state index is 0.0352. The van der Waals surface area contributed by atoms with E-state index in [1.54, 1.807) is 60.3 Å². The van der Waals surface area contributed by atoms with E-state index in [4.69, 9.17) is 14.7 Å². The number of nitriles is 1. The number of aliphatic hydroxyl groups is 1. The Kier molecular flexibility index (Phi) is 8.21. The first-order valence-electron chi connectivity index (χ1n) is 11.1. The van der Waals surface area contributed by atoms with Gasteiger partial charge in [-0.2, -0.15) is 5.26 Å². The number of nitrogens with zero attached hydrogens (tertiary/aromatic N) is 4. The predicted octanol–water partition coefficient (Wildman–Crippen LogP) is 1.95. The monoisotopic (exact) mass is 466 g/mol. The summed E-state index contributed by atoms with van der Waals surface area (Å²) in [5.41, 5.74) is 2.33. The van der Waals surface area contributed by atoms with Crippen molar-refractivity contribution in [2.45, 2.75) is 26.0 Å². The largest absolute Gasteiger partial charge is 0.472 e. The molecule has 3 atom stereocenters. The molecule has 3 rings (SSSR count). The predicted molar refractivity (Wildman–Crippen MR) is 125 cm³/mol. The van der Waals surface area contributed by atoms with Gasteiger partial charge in [-0.1, -0.05) is 19.1 Å². The lowest BCUT2D eigenvalue weighted by Crippen LogP contribution is -2.50. The van der Waals surface area contributed by atoms with Crippen LogP contribution in [0.15, 0.2) is 36.5 Å². The summed E-state index contributed by atoms with van der Waals surface area (Å²) in [4.78, 5) is 33.4. The maximum atomic E-state index is 13.5. The van der Waals surface area contributed by atoms with Gasteiger partial charge < -0.3 is 24.4 Å². The zero-order chi connectivity index (χ0) is 24.8. The van der Waals surface area contributed by atoms with Crippen LogP contribution in [-0.2, 0) is 9.53 Å². The Morgan fingerprint density at radius 3 is 2.71 bits per heavy atom. The normalized spacial score (nSPS) is 18.7. The minimum atomic E-state index is -0.431. The van der Waals surface area contributed by atoms with E-state index < -0.39 is 12.1 Å². The van der Waals surface area contributed by atoms with Gasteiger partial charge in [0.15, 0.2) is 0 Å². The number of rotatable bonds is 7. The highest BCUT2D eigenvalue weighted by molar-refractivity contribution is 5.98. The summed E-state index contributed by atoms with van der Waals surface area (Å²) in [6.45, 7) is 4.14. The average molecular weight is 467 g/mol. The summed E-state index contributed by atoms with van der Waals surface area (Å²) in [6, 6.07) is 10.4. The number of fused-ring (bicyclic) bond motifs is 1. The van der Waals surface area contributed by atoms with Crippen molar-refractivity contribution in [3.63, 3.8) is 0 Å². The molecule has 0 saturated heterocycles. The van der Waals surface area contributed by atoms with Crippen molar-refractivity contribution in [3.8, 4) is 23.1 Å². The summed E-state index contributed by atoms with van der Waals surface area (Å²) in [5, 5.41) is 18.8. The molecule has 0 saturated carbocycles. The molecule has 1 aliphatic heterocycles. The molecule has 0 aliphatic carbocycles. The number of carbonyl (C=O) groups excluding carboxylic acids is 2. The van der Waals surface area contributed by atoms with E-state index in [1.807, 2.05) is 6.92 Å². The maximum absolute atomic E-state index is 13.5. The quantitative estimate of drug-likeness (QED) is 0.663. The lowest BCUT2D eigenvalue weighted by molar-refractivity contribution is -0.135. The smallest absolute Gasteiger partial charge is 0.259 e. The van der Waals surface area contributed by atoms with E-state index >= 15 is 0 Å². The van der Waals surface area contributed by atoms with Crippen LogP contribution in [0.25, 0.3) is 11.1 Å². The summed E-state index contributed by atoms with van der Waals surface area (Å²) >= 11 is 0. The third-order valence-electron chi connectivity index (χ3n) is 6.02. The Labute approximate surface area is 199 Å². The van der Waals surface area contributed by atoms with Gasteiger partial charge in [-0.15, -0.1) is 0 Å².